The van der Waals surface area contributed by atoms with Crippen LogP contribution in [0.25, 0.3) is 0 Å². The smallest absolute Gasteiger partial charge is 0.267 e. The van der Waals surface area contributed by atoms with Gasteiger partial charge in [0.15, 0.2) is 0 Å². The molecule has 130 valence electrons. The lowest BCUT2D eigenvalue weighted by Crippen LogP contribution is -2.43. The van der Waals surface area contributed by atoms with Gasteiger partial charge >= 0.3 is 0 Å². The maximum absolute atomic E-state index is 12.4. The van der Waals surface area contributed by atoms with Gasteiger partial charge in [-0.25, -0.2) is 5.01 Å². The average molecular weight is 332 g/mol. The minimum atomic E-state index is -0.206. The lowest BCUT2D eigenvalue weighted by Gasteiger charge is -2.33. The Morgan fingerprint density at radius 3 is 2.79 bits per heavy atom. The van der Waals surface area contributed by atoms with Crippen LogP contribution in [0.4, 0.5) is 0 Å². The fourth-order valence-corrected chi connectivity index (χ4v) is 3.24. The molecule has 0 saturated carbocycles. The Kier molecular flexibility index (Phi) is 5.30. The largest absolute Gasteiger partial charge is 0.468 e. The number of nitrogens with zero attached hydrogens (tertiary/aromatic N) is 3. The second-order valence-corrected chi connectivity index (χ2v) is 6.30. The van der Waals surface area contributed by atoms with E-state index in [0.717, 1.165) is 18.8 Å². The molecule has 0 bridgehead atoms. The summed E-state index contributed by atoms with van der Waals surface area (Å²) in [6.07, 6.45) is 5.99. The van der Waals surface area contributed by atoms with E-state index in [1.165, 1.54) is 24.3 Å². The molecule has 1 atom stereocenters. The number of likely N-dealkylation sites (tertiary alicyclic amines) is 1. The van der Waals surface area contributed by atoms with E-state index in [1.807, 2.05) is 12.1 Å². The molecule has 7 nitrogen and oxygen atoms in total. The Balaban J connectivity index is 1.64. The van der Waals surface area contributed by atoms with E-state index in [9.17, 15) is 9.59 Å². The molecule has 1 aromatic heterocycles. The van der Waals surface area contributed by atoms with Gasteiger partial charge in [0.2, 0.25) is 5.91 Å². The molecule has 3 heterocycles. The highest BCUT2D eigenvalue weighted by Gasteiger charge is 2.27. The molecule has 1 aromatic rings. The van der Waals surface area contributed by atoms with Crippen molar-refractivity contribution in [3.8, 4) is 0 Å². The van der Waals surface area contributed by atoms with E-state index < -0.39 is 0 Å². The summed E-state index contributed by atoms with van der Waals surface area (Å²) in [4.78, 5) is 26.2. The summed E-state index contributed by atoms with van der Waals surface area (Å²) < 4.78 is 5.58. The summed E-state index contributed by atoms with van der Waals surface area (Å²) in [7, 11) is 1.58. The fraction of sp³-hybridized carbons (Fsp3) is 0.588. The highest BCUT2D eigenvalue weighted by Crippen LogP contribution is 2.24. The van der Waals surface area contributed by atoms with Crippen LogP contribution in [0.3, 0.4) is 0 Å². The van der Waals surface area contributed by atoms with Gasteiger partial charge in [0.05, 0.1) is 12.3 Å². The van der Waals surface area contributed by atoms with Crippen LogP contribution in [0.1, 0.15) is 43.9 Å². The van der Waals surface area contributed by atoms with Crippen molar-refractivity contribution in [2.45, 2.75) is 38.1 Å². The molecule has 1 saturated heterocycles. The topological polar surface area (TPSA) is 78.2 Å². The molecule has 0 aromatic carbocycles. The number of amides is 2. The quantitative estimate of drug-likeness (QED) is 0.887. The molecule has 7 heteroatoms. The summed E-state index contributed by atoms with van der Waals surface area (Å²) in [5.41, 5.74) is 0.411. The molecular formula is C17H24N4O3. The molecule has 2 aliphatic heterocycles. The Hall–Kier alpha value is -2.15. The van der Waals surface area contributed by atoms with Crippen LogP contribution in [-0.4, -0.2) is 54.1 Å². The maximum Gasteiger partial charge on any atom is 0.267 e. The molecule has 1 fully saturated rings. The van der Waals surface area contributed by atoms with Crippen LogP contribution < -0.4 is 5.32 Å². The second-order valence-electron chi connectivity index (χ2n) is 6.30. The average Bonchev–Trinajstić information content (AvgIpc) is 3.12. The van der Waals surface area contributed by atoms with Crippen LogP contribution in [0.15, 0.2) is 27.9 Å². The van der Waals surface area contributed by atoms with Crippen molar-refractivity contribution in [1.29, 1.82) is 0 Å². The monoisotopic (exact) mass is 332 g/mol. The number of hydrogen-bond donors (Lipinski definition) is 1. The van der Waals surface area contributed by atoms with Gasteiger partial charge in [-0.05, 0) is 38.1 Å². The van der Waals surface area contributed by atoms with Gasteiger partial charge in [-0.1, -0.05) is 6.42 Å². The SMILES string of the molecule is CN1N=C(C(=O)NC[C@@H](c2ccco2)N2CCCCC2)CCC1=O. The Labute approximate surface area is 141 Å². The molecule has 2 aliphatic rings. The van der Waals surface area contributed by atoms with Gasteiger partial charge in [0.1, 0.15) is 11.5 Å². The van der Waals surface area contributed by atoms with Gasteiger partial charge in [-0.2, -0.15) is 5.10 Å². The molecule has 1 N–H and O–H groups in total. The minimum Gasteiger partial charge on any atom is -0.468 e. The van der Waals surface area contributed by atoms with Crippen molar-refractivity contribution < 1.29 is 14.0 Å². The van der Waals surface area contributed by atoms with Crippen LogP contribution in [0.2, 0.25) is 0 Å². The summed E-state index contributed by atoms with van der Waals surface area (Å²) in [5.74, 6) is 0.603. The van der Waals surface area contributed by atoms with Crippen LogP contribution in [-0.2, 0) is 9.59 Å². The van der Waals surface area contributed by atoms with Crippen molar-refractivity contribution >= 4 is 17.5 Å². The van der Waals surface area contributed by atoms with E-state index in [2.05, 4.69) is 15.3 Å². The van der Waals surface area contributed by atoms with E-state index in [0.29, 0.717) is 25.1 Å². The number of carbonyl (C=O) groups is 2. The van der Waals surface area contributed by atoms with E-state index in [1.54, 1.807) is 13.3 Å². The highest BCUT2D eigenvalue weighted by atomic mass is 16.3. The predicted octanol–water partition coefficient (Wildman–Crippen LogP) is 1.53. The third-order valence-electron chi connectivity index (χ3n) is 4.63. The van der Waals surface area contributed by atoms with Gasteiger partial charge < -0.3 is 9.73 Å². The number of nitrogens with one attached hydrogen (secondary N) is 1. The third-order valence-corrected chi connectivity index (χ3v) is 4.63. The molecule has 0 aliphatic carbocycles. The van der Waals surface area contributed by atoms with Crippen molar-refractivity contribution in [3.63, 3.8) is 0 Å². The number of furan rings is 1. The lowest BCUT2D eigenvalue weighted by molar-refractivity contribution is -0.130. The van der Waals surface area contributed by atoms with Crippen molar-refractivity contribution in [2.75, 3.05) is 26.7 Å². The fourth-order valence-electron chi connectivity index (χ4n) is 3.24. The van der Waals surface area contributed by atoms with E-state index in [-0.39, 0.29) is 17.9 Å². The van der Waals surface area contributed by atoms with E-state index >= 15 is 0 Å². The van der Waals surface area contributed by atoms with Gasteiger partial charge in [0, 0.05) is 26.4 Å². The summed E-state index contributed by atoms with van der Waals surface area (Å²) in [6.45, 7) is 2.50. The van der Waals surface area contributed by atoms with Crippen LogP contribution >= 0.6 is 0 Å². The van der Waals surface area contributed by atoms with Crippen LogP contribution in [0.5, 0.6) is 0 Å². The number of carbonyl (C=O) groups excluding carboxylic acids is 2. The first-order chi connectivity index (χ1) is 11.6. The molecule has 0 radical (unpaired) electrons. The van der Waals surface area contributed by atoms with Crippen molar-refractivity contribution in [2.24, 2.45) is 5.10 Å². The summed E-state index contributed by atoms with van der Waals surface area (Å²) in [6, 6.07) is 3.86. The Morgan fingerprint density at radius 2 is 2.12 bits per heavy atom. The maximum atomic E-state index is 12.4. The molecule has 0 unspecified atom stereocenters. The van der Waals surface area contributed by atoms with Gasteiger partial charge in [-0.15, -0.1) is 0 Å². The number of piperidine rings is 1. The predicted molar refractivity (Wildman–Crippen MR) is 89.3 cm³/mol. The second kappa shape index (κ2) is 7.61. The van der Waals surface area contributed by atoms with Crippen molar-refractivity contribution in [3.05, 3.63) is 24.2 Å². The molecule has 2 amide bonds. The Bertz CT molecular complexity index is 605. The highest BCUT2D eigenvalue weighted by molar-refractivity contribution is 6.39. The number of rotatable bonds is 5. The molecular weight excluding hydrogens is 308 g/mol. The summed E-state index contributed by atoms with van der Waals surface area (Å²) >= 11 is 0. The van der Waals surface area contributed by atoms with Crippen LogP contribution in [0, 0.1) is 0 Å². The first kappa shape index (κ1) is 16.7. The standard InChI is InChI=1S/C17H24N4O3/c1-20-16(22)8-7-13(19-20)17(23)18-12-14(15-6-5-11-24-15)21-9-3-2-4-10-21/h5-6,11,14H,2-4,7-10,12H2,1H3,(H,18,23)/t14-/m0/s1. The number of hydrazone groups is 1. The van der Waals surface area contributed by atoms with E-state index in [4.69, 9.17) is 4.42 Å². The zero-order chi connectivity index (χ0) is 16.9. The third kappa shape index (κ3) is 3.84. The normalized spacial score (nSPS) is 20.6. The first-order valence-corrected chi connectivity index (χ1v) is 8.55. The molecule has 3 rings (SSSR count). The number of hydrogen-bond acceptors (Lipinski definition) is 5. The minimum absolute atomic E-state index is 0.0350. The molecule has 24 heavy (non-hydrogen) atoms. The molecule has 0 spiro atoms. The zero-order valence-corrected chi connectivity index (χ0v) is 14.0. The zero-order valence-electron chi connectivity index (χ0n) is 14.0. The lowest BCUT2D eigenvalue weighted by atomic mass is 10.1. The van der Waals surface area contributed by atoms with Crippen molar-refractivity contribution in [1.82, 2.24) is 15.2 Å². The van der Waals surface area contributed by atoms with Gasteiger partial charge in [-0.3, -0.25) is 14.5 Å². The Morgan fingerprint density at radius 1 is 1.33 bits per heavy atom. The van der Waals surface area contributed by atoms with Gasteiger partial charge in [0.25, 0.3) is 5.91 Å². The summed E-state index contributed by atoms with van der Waals surface area (Å²) in [5, 5.41) is 8.27. The first-order valence-electron chi connectivity index (χ1n) is 8.55.